The second-order valence-electron chi connectivity index (χ2n) is 5.59. The summed E-state index contributed by atoms with van der Waals surface area (Å²) in [6.07, 6.45) is 1.76. The zero-order chi connectivity index (χ0) is 20.4. The largest absolute Gasteiger partial charge is 0.434 e. The van der Waals surface area contributed by atoms with Crippen molar-refractivity contribution in [2.24, 2.45) is 4.99 Å². The van der Waals surface area contributed by atoms with Gasteiger partial charge >= 0.3 is 6.61 Å². The summed E-state index contributed by atoms with van der Waals surface area (Å²) in [5.41, 5.74) is 0.458. The third kappa shape index (κ3) is 8.72. The van der Waals surface area contributed by atoms with Gasteiger partial charge in [-0.3, -0.25) is 4.99 Å². The molecule has 2 N–H and O–H groups in total. The van der Waals surface area contributed by atoms with Gasteiger partial charge in [0.1, 0.15) is 5.75 Å². The molecule has 0 amide bonds. The molecule has 0 saturated carbocycles. The Morgan fingerprint density at radius 1 is 1.37 bits per heavy atom. The summed E-state index contributed by atoms with van der Waals surface area (Å²) in [5.74, 6) is 0.476. The van der Waals surface area contributed by atoms with E-state index in [4.69, 9.17) is 11.6 Å². The highest BCUT2D eigenvalue weighted by atomic mass is 35.5. The molecule has 154 valence electrons. The number of nitrogens with zero attached hydrogens (tertiary/aromatic N) is 2. The van der Waals surface area contributed by atoms with Gasteiger partial charge in [0.15, 0.2) is 5.96 Å². The topological polar surface area (TPSA) is 83.0 Å². The van der Waals surface area contributed by atoms with Gasteiger partial charge < -0.3 is 15.4 Å². The fourth-order valence-corrected chi connectivity index (χ4v) is 3.44. The van der Waals surface area contributed by atoms with Crippen molar-refractivity contribution in [3.63, 3.8) is 0 Å². The molecule has 0 aromatic heterocycles. The molecule has 0 unspecified atom stereocenters. The van der Waals surface area contributed by atoms with Crippen LogP contribution in [-0.2, 0) is 16.6 Å². The third-order valence-corrected chi connectivity index (χ3v) is 5.22. The Morgan fingerprint density at radius 2 is 2.07 bits per heavy atom. The number of hydrogen-bond acceptors (Lipinski definition) is 4. The predicted octanol–water partition coefficient (Wildman–Crippen LogP) is 2.28. The van der Waals surface area contributed by atoms with Crippen molar-refractivity contribution in [3.05, 3.63) is 28.8 Å². The van der Waals surface area contributed by atoms with E-state index in [1.807, 2.05) is 0 Å². The summed E-state index contributed by atoms with van der Waals surface area (Å²) >= 11 is 5.91. The van der Waals surface area contributed by atoms with E-state index >= 15 is 0 Å². The average Bonchev–Trinajstić information content (AvgIpc) is 2.58. The standard InChI is InChI=1S/C16H25ClF2N4O3S/c1-4-23(27(3,24)25)9-5-8-21-16(20-2)22-11-12-10-13(17)6-7-14(12)26-15(18)19/h6-7,10,15H,4-5,8-9,11H2,1-3H3,(H2,20,21,22). The number of nitrogens with one attached hydrogen (secondary N) is 2. The van der Waals surface area contributed by atoms with E-state index in [0.717, 1.165) is 0 Å². The van der Waals surface area contributed by atoms with Crippen LogP contribution < -0.4 is 15.4 Å². The monoisotopic (exact) mass is 426 g/mol. The van der Waals surface area contributed by atoms with Crippen LogP contribution in [0, 0.1) is 0 Å². The van der Waals surface area contributed by atoms with Gasteiger partial charge in [-0.05, 0) is 24.6 Å². The lowest BCUT2D eigenvalue weighted by molar-refractivity contribution is -0.0504. The van der Waals surface area contributed by atoms with Crippen molar-refractivity contribution in [1.29, 1.82) is 0 Å². The lowest BCUT2D eigenvalue weighted by atomic mass is 10.2. The molecule has 7 nitrogen and oxygen atoms in total. The van der Waals surface area contributed by atoms with Crippen LogP contribution in [0.2, 0.25) is 5.02 Å². The molecule has 0 heterocycles. The average molecular weight is 427 g/mol. The molecule has 0 radical (unpaired) electrons. The number of rotatable bonds is 10. The van der Waals surface area contributed by atoms with Gasteiger partial charge in [-0.25, -0.2) is 12.7 Å². The van der Waals surface area contributed by atoms with Crippen molar-refractivity contribution in [2.75, 3.05) is 32.9 Å². The molecule has 0 aliphatic rings. The van der Waals surface area contributed by atoms with Crippen molar-refractivity contribution in [3.8, 4) is 5.75 Å². The summed E-state index contributed by atoms with van der Waals surface area (Å²) in [6, 6.07) is 4.38. The van der Waals surface area contributed by atoms with E-state index in [-0.39, 0.29) is 12.3 Å². The molecular formula is C16H25ClF2N4O3S. The Kier molecular flexibility index (Phi) is 9.75. The number of halogens is 3. The van der Waals surface area contributed by atoms with Crippen LogP contribution in [0.15, 0.2) is 23.2 Å². The highest BCUT2D eigenvalue weighted by Gasteiger charge is 2.14. The summed E-state index contributed by atoms with van der Waals surface area (Å²) < 4.78 is 53.9. The van der Waals surface area contributed by atoms with Crippen molar-refractivity contribution in [1.82, 2.24) is 14.9 Å². The van der Waals surface area contributed by atoms with Gasteiger partial charge in [-0.1, -0.05) is 18.5 Å². The molecule has 11 heteroatoms. The number of benzene rings is 1. The van der Waals surface area contributed by atoms with Gasteiger partial charge in [0, 0.05) is 43.8 Å². The molecule has 1 aromatic rings. The normalized spacial score (nSPS) is 12.5. The molecule has 0 saturated heterocycles. The van der Waals surface area contributed by atoms with Crippen molar-refractivity contribution >= 4 is 27.6 Å². The van der Waals surface area contributed by atoms with Gasteiger partial charge in [0.05, 0.1) is 6.26 Å². The smallest absolute Gasteiger partial charge is 0.387 e. The maximum Gasteiger partial charge on any atom is 0.387 e. The van der Waals surface area contributed by atoms with E-state index in [1.165, 1.54) is 28.8 Å². The molecule has 0 aliphatic heterocycles. The number of alkyl halides is 2. The minimum absolute atomic E-state index is 0.0316. The summed E-state index contributed by atoms with van der Waals surface area (Å²) in [7, 11) is -1.65. The SMILES string of the molecule is CCN(CCCNC(=NC)NCc1cc(Cl)ccc1OC(F)F)S(C)(=O)=O. The van der Waals surface area contributed by atoms with Gasteiger partial charge in [0.2, 0.25) is 10.0 Å². The molecule has 0 spiro atoms. The van der Waals surface area contributed by atoms with Crippen LogP contribution in [0.25, 0.3) is 0 Å². The predicted molar refractivity (Wildman–Crippen MR) is 103 cm³/mol. The number of guanidine groups is 1. The number of hydrogen-bond donors (Lipinski definition) is 2. The second kappa shape index (κ2) is 11.3. The number of aliphatic imine (C=N–C) groups is 1. The summed E-state index contributed by atoms with van der Waals surface area (Å²) in [4.78, 5) is 4.04. The first kappa shape index (κ1) is 23.4. The van der Waals surface area contributed by atoms with Crippen LogP contribution in [0.3, 0.4) is 0 Å². The van der Waals surface area contributed by atoms with Crippen LogP contribution >= 0.6 is 11.6 Å². The van der Waals surface area contributed by atoms with E-state index in [2.05, 4.69) is 20.4 Å². The maximum atomic E-state index is 12.5. The van der Waals surface area contributed by atoms with Gasteiger partial charge in [0.25, 0.3) is 0 Å². The Bertz CT molecular complexity index is 732. The first-order chi connectivity index (χ1) is 12.7. The lowest BCUT2D eigenvalue weighted by Gasteiger charge is -2.18. The van der Waals surface area contributed by atoms with E-state index in [0.29, 0.717) is 42.6 Å². The number of ether oxygens (including phenoxy) is 1. The third-order valence-electron chi connectivity index (χ3n) is 3.61. The van der Waals surface area contributed by atoms with Crippen molar-refractivity contribution < 1.29 is 21.9 Å². The molecule has 0 bridgehead atoms. The minimum atomic E-state index is -3.21. The Hall–Kier alpha value is -1.65. The Balaban J connectivity index is 2.55. The van der Waals surface area contributed by atoms with E-state index < -0.39 is 16.6 Å². The molecule has 0 atom stereocenters. The minimum Gasteiger partial charge on any atom is -0.434 e. The summed E-state index contributed by atoms with van der Waals surface area (Å²) in [6.45, 7) is 0.305. The molecule has 0 aliphatic carbocycles. The Labute approximate surface area is 163 Å². The molecule has 1 aromatic carbocycles. The lowest BCUT2D eigenvalue weighted by Crippen LogP contribution is -2.39. The molecular weight excluding hydrogens is 402 g/mol. The second-order valence-corrected chi connectivity index (χ2v) is 8.01. The summed E-state index contributed by atoms with van der Waals surface area (Å²) in [5, 5.41) is 6.42. The Morgan fingerprint density at radius 3 is 2.63 bits per heavy atom. The fraction of sp³-hybridized carbons (Fsp3) is 0.562. The zero-order valence-corrected chi connectivity index (χ0v) is 17.1. The maximum absolute atomic E-state index is 12.5. The van der Waals surface area contributed by atoms with Crippen LogP contribution in [0.5, 0.6) is 5.75 Å². The fourth-order valence-electron chi connectivity index (χ4n) is 2.32. The highest BCUT2D eigenvalue weighted by molar-refractivity contribution is 7.88. The number of sulfonamides is 1. The molecule has 1 rings (SSSR count). The highest BCUT2D eigenvalue weighted by Crippen LogP contribution is 2.24. The van der Waals surface area contributed by atoms with E-state index in [1.54, 1.807) is 14.0 Å². The van der Waals surface area contributed by atoms with Crippen LogP contribution in [-0.4, -0.2) is 58.2 Å². The van der Waals surface area contributed by atoms with Gasteiger partial charge in [-0.2, -0.15) is 8.78 Å². The molecule has 27 heavy (non-hydrogen) atoms. The first-order valence-corrected chi connectivity index (χ1v) is 10.5. The van der Waals surface area contributed by atoms with Crippen molar-refractivity contribution in [2.45, 2.75) is 26.5 Å². The quantitative estimate of drug-likeness (QED) is 0.341. The molecule has 0 fully saturated rings. The van der Waals surface area contributed by atoms with Crippen LogP contribution in [0.4, 0.5) is 8.78 Å². The van der Waals surface area contributed by atoms with Crippen LogP contribution in [0.1, 0.15) is 18.9 Å². The van der Waals surface area contributed by atoms with Gasteiger partial charge in [-0.15, -0.1) is 0 Å². The van der Waals surface area contributed by atoms with E-state index in [9.17, 15) is 17.2 Å². The zero-order valence-electron chi connectivity index (χ0n) is 15.5. The first-order valence-electron chi connectivity index (χ1n) is 8.30.